The zero-order valence-electron chi connectivity index (χ0n) is 12.8. The first-order valence-electron chi connectivity index (χ1n) is 8.24. The van der Waals surface area contributed by atoms with E-state index >= 15 is 0 Å². The van der Waals surface area contributed by atoms with Crippen LogP contribution in [0.2, 0.25) is 0 Å². The summed E-state index contributed by atoms with van der Waals surface area (Å²) in [5.74, 6) is 0.840. The third-order valence-corrected chi connectivity index (χ3v) is 4.97. The van der Waals surface area contributed by atoms with Crippen molar-refractivity contribution >= 4 is 5.91 Å². The Hall–Kier alpha value is -1.42. The van der Waals surface area contributed by atoms with Gasteiger partial charge in [-0.15, -0.1) is 0 Å². The fourth-order valence-corrected chi connectivity index (χ4v) is 3.77. The molecule has 0 spiro atoms. The zero-order chi connectivity index (χ0) is 14.7. The summed E-state index contributed by atoms with van der Waals surface area (Å²) < 4.78 is 0. The van der Waals surface area contributed by atoms with Gasteiger partial charge in [0.25, 0.3) is 0 Å². The highest BCUT2D eigenvalue weighted by molar-refractivity contribution is 5.82. The molecule has 1 saturated heterocycles. The van der Waals surface area contributed by atoms with Gasteiger partial charge in [0.2, 0.25) is 5.91 Å². The highest BCUT2D eigenvalue weighted by Gasteiger charge is 2.38. The number of pyridine rings is 1. The van der Waals surface area contributed by atoms with Crippen LogP contribution in [0.15, 0.2) is 18.3 Å². The number of hydrogen-bond donors (Lipinski definition) is 2. The summed E-state index contributed by atoms with van der Waals surface area (Å²) in [6, 6.07) is 4.59. The van der Waals surface area contributed by atoms with Gasteiger partial charge in [0.1, 0.15) is 0 Å². The van der Waals surface area contributed by atoms with E-state index in [-0.39, 0.29) is 11.9 Å². The van der Waals surface area contributed by atoms with Crippen molar-refractivity contribution in [1.82, 2.24) is 15.6 Å². The van der Waals surface area contributed by atoms with E-state index in [1.165, 1.54) is 31.2 Å². The summed E-state index contributed by atoms with van der Waals surface area (Å²) in [5.41, 5.74) is 2.20. The third-order valence-electron chi connectivity index (χ3n) is 4.97. The van der Waals surface area contributed by atoms with Crippen molar-refractivity contribution in [3.63, 3.8) is 0 Å². The lowest BCUT2D eigenvalue weighted by molar-refractivity contribution is -0.123. The van der Waals surface area contributed by atoms with Crippen molar-refractivity contribution < 1.29 is 4.79 Å². The maximum atomic E-state index is 12.4. The number of fused-ring (bicyclic) bond motifs is 1. The molecule has 2 N–H and O–H groups in total. The molecule has 4 heteroatoms. The Bertz CT molecular complexity index is 489. The van der Waals surface area contributed by atoms with Crippen molar-refractivity contribution in [3.05, 3.63) is 29.6 Å². The van der Waals surface area contributed by atoms with Crippen LogP contribution in [0.5, 0.6) is 0 Å². The van der Waals surface area contributed by atoms with Gasteiger partial charge < -0.3 is 10.6 Å². The molecule has 0 aromatic carbocycles. The van der Waals surface area contributed by atoms with Crippen molar-refractivity contribution in [3.8, 4) is 0 Å². The molecule has 3 unspecified atom stereocenters. The van der Waals surface area contributed by atoms with E-state index in [4.69, 9.17) is 0 Å². The van der Waals surface area contributed by atoms with Gasteiger partial charge in [-0.25, -0.2) is 0 Å². The summed E-state index contributed by atoms with van der Waals surface area (Å²) in [6.07, 6.45) is 8.88. The van der Waals surface area contributed by atoms with Crippen LogP contribution < -0.4 is 10.6 Å². The summed E-state index contributed by atoms with van der Waals surface area (Å²) in [4.78, 5) is 16.7. The lowest BCUT2D eigenvalue weighted by atomic mass is 9.85. The van der Waals surface area contributed by atoms with Crippen molar-refractivity contribution in [2.24, 2.45) is 5.92 Å². The minimum Gasteiger partial charge on any atom is -0.349 e. The van der Waals surface area contributed by atoms with Gasteiger partial charge in [0.15, 0.2) is 0 Å². The van der Waals surface area contributed by atoms with E-state index < -0.39 is 0 Å². The van der Waals surface area contributed by atoms with Gasteiger partial charge >= 0.3 is 0 Å². The van der Waals surface area contributed by atoms with Crippen molar-refractivity contribution in [2.45, 2.75) is 64.1 Å². The first kappa shape index (κ1) is 14.5. The molecule has 1 aliphatic heterocycles. The number of carbonyl (C=O) groups excluding carboxylic acids is 1. The maximum Gasteiger partial charge on any atom is 0.237 e. The number of rotatable bonds is 4. The molecule has 3 rings (SSSR count). The second-order valence-electron chi connectivity index (χ2n) is 6.29. The van der Waals surface area contributed by atoms with Gasteiger partial charge in [-0.1, -0.05) is 25.8 Å². The Morgan fingerprint density at radius 1 is 1.43 bits per heavy atom. The molecule has 2 aliphatic rings. The third kappa shape index (κ3) is 3.26. The van der Waals surface area contributed by atoms with Crippen LogP contribution >= 0.6 is 0 Å². The topological polar surface area (TPSA) is 54.0 Å². The molecule has 4 nitrogen and oxygen atoms in total. The Labute approximate surface area is 126 Å². The molecule has 2 fully saturated rings. The van der Waals surface area contributed by atoms with Crippen LogP contribution in [0, 0.1) is 5.92 Å². The molecule has 2 heterocycles. The van der Waals surface area contributed by atoms with E-state index in [9.17, 15) is 4.79 Å². The Balaban J connectivity index is 1.55. The van der Waals surface area contributed by atoms with Crippen molar-refractivity contribution in [1.29, 1.82) is 0 Å². The predicted octanol–water partition coefficient (Wildman–Crippen LogP) is 2.18. The van der Waals surface area contributed by atoms with Crippen LogP contribution in [0.4, 0.5) is 0 Å². The van der Waals surface area contributed by atoms with Gasteiger partial charge in [0.05, 0.1) is 18.3 Å². The number of carbonyl (C=O) groups is 1. The maximum absolute atomic E-state index is 12.4. The van der Waals surface area contributed by atoms with E-state index in [1.807, 2.05) is 6.07 Å². The molecule has 3 atom stereocenters. The smallest absolute Gasteiger partial charge is 0.237 e. The van der Waals surface area contributed by atoms with Crippen LogP contribution in [0.25, 0.3) is 0 Å². The average molecular weight is 287 g/mol. The zero-order valence-corrected chi connectivity index (χ0v) is 12.8. The molecule has 1 amide bonds. The predicted molar refractivity (Wildman–Crippen MR) is 82.7 cm³/mol. The molecular formula is C17H25N3O. The molecule has 0 bridgehead atoms. The number of hydrogen-bond acceptors (Lipinski definition) is 3. The van der Waals surface area contributed by atoms with Crippen LogP contribution in [-0.4, -0.2) is 23.0 Å². The SMILES string of the molecule is CCc1cccnc1CNC(=O)C1CC2CCCCC2N1. The summed E-state index contributed by atoms with van der Waals surface area (Å²) in [6.45, 7) is 2.65. The number of aryl methyl sites for hydroxylation is 1. The molecule has 1 saturated carbocycles. The van der Waals surface area contributed by atoms with E-state index in [1.54, 1.807) is 6.20 Å². The summed E-state index contributed by atoms with van der Waals surface area (Å²) in [5, 5.41) is 6.59. The Kier molecular flexibility index (Phi) is 4.54. The normalized spacial score (nSPS) is 28.1. The quantitative estimate of drug-likeness (QED) is 0.892. The molecule has 114 valence electrons. The molecule has 1 aliphatic carbocycles. The van der Waals surface area contributed by atoms with Crippen molar-refractivity contribution in [2.75, 3.05) is 0 Å². The Morgan fingerprint density at radius 3 is 3.10 bits per heavy atom. The lowest BCUT2D eigenvalue weighted by Gasteiger charge is -2.24. The lowest BCUT2D eigenvalue weighted by Crippen LogP contribution is -2.43. The summed E-state index contributed by atoms with van der Waals surface area (Å²) in [7, 11) is 0. The van der Waals surface area contributed by atoms with Gasteiger partial charge in [-0.3, -0.25) is 9.78 Å². The van der Waals surface area contributed by atoms with Gasteiger partial charge in [-0.2, -0.15) is 0 Å². The molecule has 0 radical (unpaired) electrons. The van der Waals surface area contributed by atoms with Gasteiger partial charge in [-0.05, 0) is 43.2 Å². The molecule has 1 aromatic rings. The summed E-state index contributed by atoms with van der Waals surface area (Å²) >= 11 is 0. The van der Waals surface area contributed by atoms with Crippen LogP contribution in [0.1, 0.15) is 50.3 Å². The first-order chi connectivity index (χ1) is 10.3. The second kappa shape index (κ2) is 6.56. The number of nitrogens with zero attached hydrogens (tertiary/aromatic N) is 1. The van der Waals surface area contributed by atoms with E-state index in [0.29, 0.717) is 18.5 Å². The van der Waals surface area contributed by atoms with Crippen LogP contribution in [0.3, 0.4) is 0 Å². The minimum atomic E-state index is -0.00751. The average Bonchev–Trinajstić information content (AvgIpc) is 2.97. The first-order valence-corrected chi connectivity index (χ1v) is 8.24. The van der Waals surface area contributed by atoms with E-state index in [2.05, 4.69) is 28.6 Å². The molecule has 21 heavy (non-hydrogen) atoms. The molecule has 1 aromatic heterocycles. The second-order valence-corrected chi connectivity index (χ2v) is 6.29. The fourth-order valence-electron chi connectivity index (χ4n) is 3.77. The standard InChI is InChI=1S/C17H25N3O/c1-2-12-7-5-9-18-16(12)11-19-17(21)15-10-13-6-3-4-8-14(13)20-15/h5,7,9,13-15,20H,2-4,6,8,10-11H2,1H3,(H,19,21). The highest BCUT2D eigenvalue weighted by Crippen LogP contribution is 2.33. The number of aromatic nitrogens is 1. The monoisotopic (exact) mass is 287 g/mol. The van der Waals surface area contributed by atoms with Gasteiger partial charge in [0, 0.05) is 12.2 Å². The molecular weight excluding hydrogens is 262 g/mol. The number of amides is 1. The fraction of sp³-hybridized carbons (Fsp3) is 0.647. The Morgan fingerprint density at radius 2 is 2.29 bits per heavy atom. The van der Waals surface area contributed by atoms with Crippen LogP contribution in [-0.2, 0) is 17.8 Å². The highest BCUT2D eigenvalue weighted by atomic mass is 16.2. The number of nitrogens with one attached hydrogen (secondary N) is 2. The van der Waals surface area contributed by atoms with E-state index in [0.717, 1.165) is 18.5 Å². The largest absolute Gasteiger partial charge is 0.349 e. The minimum absolute atomic E-state index is 0.00751.